The minimum Gasteiger partial charge on any atom is -0.344 e. The van der Waals surface area contributed by atoms with Crippen LogP contribution in [0.1, 0.15) is 36.6 Å². The van der Waals surface area contributed by atoms with Gasteiger partial charge in [0.2, 0.25) is 5.91 Å². The molecule has 1 aromatic heterocycles. The smallest absolute Gasteiger partial charge is 0.344 e. The fourth-order valence-electron chi connectivity index (χ4n) is 4.09. The number of rotatable bonds is 2. The number of hydrogen-bond donors (Lipinski definition) is 1. The number of nitrogens with zero attached hydrogens (tertiary/aromatic N) is 2. The standard InChI is InChI=1S/C20H19F4N3O/c1-27-9-8-19(18(27)28)7-6-16(26-19)17-10-14(15(21)11-25-17)12-2-4-13(5-3-12)20(22,23)24/h2-5,10-11,16,26H,6-9H2,1H3/t16-,19+/m0/s1. The largest absolute Gasteiger partial charge is 0.416 e. The highest BCUT2D eigenvalue weighted by Gasteiger charge is 2.50. The van der Waals surface area contributed by atoms with Crippen molar-refractivity contribution in [3.05, 3.63) is 53.6 Å². The van der Waals surface area contributed by atoms with Gasteiger partial charge < -0.3 is 4.90 Å². The molecular formula is C20H19F4N3O. The summed E-state index contributed by atoms with van der Waals surface area (Å²) in [6.07, 6.45) is -1.28. The summed E-state index contributed by atoms with van der Waals surface area (Å²) in [5.41, 5.74) is -0.260. The van der Waals surface area contributed by atoms with E-state index in [0.717, 1.165) is 18.3 Å². The summed E-state index contributed by atoms with van der Waals surface area (Å²) >= 11 is 0. The van der Waals surface area contributed by atoms with E-state index in [9.17, 15) is 22.4 Å². The summed E-state index contributed by atoms with van der Waals surface area (Å²) in [7, 11) is 1.77. The number of carbonyl (C=O) groups excluding carboxylic acids is 1. The second-order valence-electron chi connectivity index (χ2n) is 7.46. The number of hydrogen-bond acceptors (Lipinski definition) is 3. The van der Waals surface area contributed by atoms with Crippen molar-refractivity contribution in [2.75, 3.05) is 13.6 Å². The van der Waals surface area contributed by atoms with Crippen molar-refractivity contribution in [1.29, 1.82) is 0 Å². The molecule has 2 aliphatic heterocycles. The van der Waals surface area contributed by atoms with Gasteiger partial charge in [0.05, 0.1) is 23.5 Å². The van der Waals surface area contributed by atoms with Crippen molar-refractivity contribution >= 4 is 5.91 Å². The molecule has 2 aromatic rings. The Morgan fingerprint density at radius 1 is 1.21 bits per heavy atom. The number of alkyl halides is 3. The van der Waals surface area contributed by atoms with E-state index in [2.05, 4.69) is 10.3 Å². The molecule has 1 spiro atoms. The van der Waals surface area contributed by atoms with Crippen LogP contribution in [0.3, 0.4) is 0 Å². The highest BCUT2D eigenvalue weighted by molar-refractivity contribution is 5.88. The predicted molar refractivity (Wildman–Crippen MR) is 94.7 cm³/mol. The number of likely N-dealkylation sites (N-methyl/N-ethyl adjacent to an activating group) is 1. The molecule has 28 heavy (non-hydrogen) atoms. The minimum absolute atomic E-state index is 0.0556. The normalized spacial score (nSPS) is 25.1. The molecule has 0 radical (unpaired) electrons. The molecule has 0 unspecified atom stereocenters. The van der Waals surface area contributed by atoms with E-state index in [1.54, 1.807) is 18.0 Å². The first kappa shape index (κ1) is 18.9. The second-order valence-corrected chi connectivity index (χ2v) is 7.46. The van der Waals surface area contributed by atoms with Crippen LogP contribution in [-0.2, 0) is 11.0 Å². The van der Waals surface area contributed by atoms with Crippen molar-refractivity contribution in [3.8, 4) is 11.1 Å². The number of halogens is 4. The predicted octanol–water partition coefficient (Wildman–Crippen LogP) is 3.93. The maximum Gasteiger partial charge on any atom is 0.416 e. The summed E-state index contributed by atoms with van der Waals surface area (Å²) in [5.74, 6) is -0.548. The zero-order valence-electron chi connectivity index (χ0n) is 15.2. The monoisotopic (exact) mass is 393 g/mol. The van der Waals surface area contributed by atoms with Crippen LogP contribution in [0.5, 0.6) is 0 Å². The van der Waals surface area contributed by atoms with Gasteiger partial charge in [0, 0.05) is 19.2 Å². The number of likely N-dealkylation sites (tertiary alicyclic amines) is 1. The van der Waals surface area contributed by atoms with Crippen LogP contribution in [0.15, 0.2) is 36.5 Å². The third-order valence-corrected chi connectivity index (χ3v) is 5.70. The third-order valence-electron chi connectivity index (χ3n) is 5.70. The molecular weight excluding hydrogens is 374 g/mol. The van der Waals surface area contributed by atoms with Gasteiger partial charge in [-0.3, -0.25) is 15.1 Å². The van der Waals surface area contributed by atoms with Crippen LogP contribution >= 0.6 is 0 Å². The molecule has 0 saturated carbocycles. The summed E-state index contributed by atoms with van der Waals surface area (Å²) < 4.78 is 52.6. The first-order valence-corrected chi connectivity index (χ1v) is 9.06. The van der Waals surface area contributed by atoms with E-state index in [1.165, 1.54) is 12.1 Å². The zero-order chi connectivity index (χ0) is 20.1. The highest BCUT2D eigenvalue weighted by Crippen LogP contribution is 2.39. The van der Waals surface area contributed by atoms with Gasteiger partial charge >= 0.3 is 6.18 Å². The number of carbonyl (C=O) groups is 1. The van der Waals surface area contributed by atoms with Crippen LogP contribution in [0.25, 0.3) is 11.1 Å². The minimum atomic E-state index is -4.44. The van der Waals surface area contributed by atoms with Gasteiger partial charge in [0.1, 0.15) is 11.4 Å². The molecule has 1 amide bonds. The van der Waals surface area contributed by atoms with Crippen LogP contribution < -0.4 is 5.32 Å². The number of pyridine rings is 1. The molecule has 0 bridgehead atoms. The number of aromatic nitrogens is 1. The SMILES string of the molecule is CN1CC[C@]2(CC[C@@H](c3cc(-c4ccc(C(F)(F)F)cc4)c(F)cn3)N2)C1=O. The van der Waals surface area contributed by atoms with Crippen LogP contribution in [0.4, 0.5) is 17.6 Å². The maximum atomic E-state index is 14.3. The molecule has 4 nitrogen and oxygen atoms in total. The molecule has 1 aromatic carbocycles. The summed E-state index contributed by atoms with van der Waals surface area (Å²) in [5, 5.41) is 3.37. The van der Waals surface area contributed by atoms with Crippen molar-refractivity contribution in [2.24, 2.45) is 0 Å². The molecule has 2 atom stereocenters. The Hall–Kier alpha value is -2.48. The van der Waals surface area contributed by atoms with Crippen LogP contribution in [0, 0.1) is 5.82 Å². The maximum absolute atomic E-state index is 14.3. The average molecular weight is 393 g/mol. The van der Waals surface area contributed by atoms with Gasteiger partial charge in [-0.1, -0.05) is 12.1 Å². The number of nitrogens with one attached hydrogen (secondary N) is 1. The molecule has 2 fully saturated rings. The van der Waals surface area contributed by atoms with Crippen LogP contribution in [0.2, 0.25) is 0 Å². The van der Waals surface area contributed by atoms with E-state index in [-0.39, 0.29) is 17.5 Å². The molecule has 0 aliphatic carbocycles. The Bertz CT molecular complexity index is 913. The Morgan fingerprint density at radius 3 is 2.54 bits per heavy atom. The molecule has 148 valence electrons. The molecule has 8 heteroatoms. The van der Waals surface area contributed by atoms with E-state index < -0.39 is 23.1 Å². The van der Waals surface area contributed by atoms with Crippen molar-refractivity contribution in [1.82, 2.24) is 15.2 Å². The fraction of sp³-hybridized carbons (Fsp3) is 0.400. The van der Waals surface area contributed by atoms with Gasteiger partial charge in [-0.05, 0) is 43.0 Å². The third kappa shape index (κ3) is 3.15. The molecule has 1 N–H and O–H groups in total. The van der Waals surface area contributed by atoms with Gasteiger partial charge in [0.25, 0.3) is 0 Å². The number of benzene rings is 1. The van der Waals surface area contributed by atoms with E-state index in [4.69, 9.17) is 0 Å². The van der Waals surface area contributed by atoms with Crippen molar-refractivity contribution < 1.29 is 22.4 Å². The molecule has 4 rings (SSSR count). The first-order chi connectivity index (χ1) is 13.2. The van der Waals surface area contributed by atoms with Crippen LogP contribution in [-0.4, -0.2) is 34.9 Å². The molecule has 2 saturated heterocycles. The first-order valence-electron chi connectivity index (χ1n) is 9.06. The fourth-order valence-corrected chi connectivity index (χ4v) is 4.09. The zero-order valence-corrected chi connectivity index (χ0v) is 15.2. The van der Waals surface area contributed by atoms with E-state index >= 15 is 0 Å². The topological polar surface area (TPSA) is 45.2 Å². The second kappa shape index (κ2) is 6.55. The quantitative estimate of drug-likeness (QED) is 0.787. The Morgan fingerprint density at radius 2 is 1.93 bits per heavy atom. The summed E-state index contributed by atoms with van der Waals surface area (Å²) in [6.45, 7) is 0.687. The van der Waals surface area contributed by atoms with Gasteiger partial charge in [-0.2, -0.15) is 13.2 Å². The highest BCUT2D eigenvalue weighted by atomic mass is 19.4. The van der Waals surface area contributed by atoms with E-state index in [1.807, 2.05) is 0 Å². The molecule has 2 aliphatic rings. The summed E-state index contributed by atoms with van der Waals surface area (Å²) in [6, 6.07) is 5.73. The van der Waals surface area contributed by atoms with Gasteiger partial charge in [-0.15, -0.1) is 0 Å². The van der Waals surface area contributed by atoms with Gasteiger partial charge in [-0.25, -0.2) is 4.39 Å². The Kier molecular flexibility index (Phi) is 4.41. The molecule has 3 heterocycles. The average Bonchev–Trinajstić information content (AvgIpc) is 3.22. The lowest BCUT2D eigenvalue weighted by molar-refractivity contribution is -0.137. The lowest BCUT2D eigenvalue weighted by Gasteiger charge is -2.23. The van der Waals surface area contributed by atoms with Crippen molar-refractivity contribution in [3.63, 3.8) is 0 Å². The van der Waals surface area contributed by atoms with Gasteiger partial charge in [0.15, 0.2) is 0 Å². The number of amides is 1. The lowest BCUT2D eigenvalue weighted by Crippen LogP contribution is -2.47. The summed E-state index contributed by atoms with van der Waals surface area (Å²) in [4.78, 5) is 18.3. The Labute approximate surface area is 159 Å². The Balaban J connectivity index is 1.61. The lowest BCUT2D eigenvalue weighted by atomic mass is 9.96. The van der Waals surface area contributed by atoms with Crippen molar-refractivity contribution in [2.45, 2.75) is 37.0 Å². The van der Waals surface area contributed by atoms with E-state index in [0.29, 0.717) is 37.1 Å².